The van der Waals surface area contributed by atoms with Crippen LogP contribution in [0.15, 0.2) is 24.3 Å². The molecule has 0 N–H and O–H groups in total. The minimum atomic E-state index is 0.215. The van der Waals surface area contributed by atoms with Gasteiger partial charge in [-0.05, 0) is 25.0 Å². The van der Waals surface area contributed by atoms with Crippen molar-refractivity contribution in [2.75, 3.05) is 6.61 Å². The normalized spacial score (nSPS) is 10.6. The fraction of sp³-hybridized carbons (Fsp3) is 0.650. The molecule has 124 valence electrons. The van der Waals surface area contributed by atoms with Crippen LogP contribution in [-0.4, -0.2) is 12.4 Å². The summed E-state index contributed by atoms with van der Waals surface area (Å²) in [6.07, 6.45) is 11.4. The Morgan fingerprint density at radius 1 is 0.864 bits per heavy atom. The summed E-state index contributed by atoms with van der Waals surface area (Å²) < 4.78 is 5.85. The summed E-state index contributed by atoms with van der Waals surface area (Å²) in [6, 6.07) is 7.68. The first-order valence-electron chi connectivity index (χ1n) is 9.04. The van der Waals surface area contributed by atoms with Gasteiger partial charge in [-0.3, -0.25) is 4.79 Å². The average molecular weight is 304 g/mol. The lowest BCUT2D eigenvalue weighted by Crippen LogP contribution is -2.05. The van der Waals surface area contributed by atoms with Crippen molar-refractivity contribution in [3.05, 3.63) is 29.8 Å². The molecule has 0 aliphatic carbocycles. The maximum absolute atomic E-state index is 12.3. The molecule has 0 aliphatic rings. The number of unbranched alkanes of at least 4 members (excludes halogenated alkanes) is 7. The zero-order chi connectivity index (χ0) is 16.0. The Morgan fingerprint density at radius 2 is 1.50 bits per heavy atom. The summed E-state index contributed by atoms with van der Waals surface area (Å²) in [5, 5.41) is 0. The third-order valence-electron chi connectivity index (χ3n) is 3.95. The van der Waals surface area contributed by atoms with Gasteiger partial charge in [0.2, 0.25) is 0 Å². The van der Waals surface area contributed by atoms with Gasteiger partial charge in [-0.2, -0.15) is 0 Å². The van der Waals surface area contributed by atoms with Gasteiger partial charge in [-0.1, -0.05) is 70.9 Å². The van der Waals surface area contributed by atoms with Crippen LogP contribution in [0.1, 0.15) is 88.4 Å². The van der Waals surface area contributed by atoms with Gasteiger partial charge in [0.15, 0.2) is 5.78 Å². The molecule has 2 heteroatoms. The molecule has 0 heterocycles. The van der Waals surface area contributed by atoms with Crippen molar-refractivity contribution in [3.8, 4) is 5.75 Å². The molecule has 0 saturated carbocycles. The molecule has 0 spiro atoms. The molecule has 0 radical (unpaired) electrons. The number of carbonyl (C=O) groups excluding carboxylic acids is 1. The Hall–Kier alpha value is -1.31. The van der Waals surface area contributed by atoms with Crippen LogP contribution in [0.3, 0.4) is 0 Å². The molecule has 0 aliphatic heterocycles. The number of rotatable bonds is 13. The van der Waals surface area contributed by atoms with Crippen LogP contribution in [0.25, 0.3) is 0 Å². The van der Waals surface area contributed by atoms with Crippen LogP contribution in [0, 0.1) is 0 Å². The lowest BCUT2D eigenvalue weighted by atomic mass is 10.0. The van der Waals surface area contributed by atoms with Gasteiger partial charge in [0.1, 0.15) is 5.75 Å². The lowest BCUT2D eigenvalue weighted by molar-refractivity contribution is 0.0975. The topological polar surface area (TPSA) is 26.3 Å². The highest BCUT2D eigenvalue weighted by molar-refractivity contribution is 5.98. The molecule has 22 heavy (non-hydrogen) atoms. The minimum absolute atomic E-state index is 0.215. The standard InChI is InChI=1S/C20H32O2/c1-3-5-7-8-9-13-17-22-20-16-12-11-14-18(20)19(21)15-10-6-4-2/h11-12,14,16H,3-10,13,15,17H2,1-2H3. The Bertz CT molecular complexity index is 412. The highest BCUT2D eigenvalue weighted by atomic mass is 16.5. The van der Waals surface area contributed by atoms with Crippen molar-refractivity contribution in [1.29, 1.82) is 0 Å². The molecule has 0 amide bonds. The second-order valence-electron chi connectivity index (χ2n) is 5.99. The Balaban J connectivity index is 2.35. The Labute approximate surface area is 136 Å². The van der Waals surface area contributed by atoms with E-state index >= 15 is 0 Å². The largest absolute Gasteiger partial charge is 0.493 e. The van der Waals surface area contributed by atoms with Crippen LogP contribution in [0.5, 0.6) is 5.75 Å². The summed E-state index contributed by atoms with van der Waals surface area (Å²) in [6.45, 7) is 5.10. The smallest absolute Gasteiger partial charge is 0.166 e. The van der Waals surface area contributed by atoms with Crippen molar-refractivity contribution < 1.29 is 9.53 Å². The predicted octanol–water partition coefficient (Wildman–Crippen LogP) is 6.19. The third-order valence-corrected chi connectivity index (χ3v) is 3.95. The fourth-order valence-corrected chi connectivity index (χ4v) is 2.56. The van der Waals surface area contributed by atoms with Gasteiger partial charge >= 0.3 is 0 Å². The van der Waals surface area contributed by atoms with E-state index in [1.807, 2.05) is 24.3 Å². The van der Waals surface area contributed by atoms with E-state index in [0.29, 0.717) is 13.0 Å². The van der Waals surface area contributed by atoms with Crippen LogP contribution in [-0.2, 0) is 0 Å². The Morgan fingerprint density at radius 3 is 2.27 bits per heavy atom. The van der Waals surface area contributed by atoms with E-state index < -0.39 is 0 Å². The van der Waals surface area contributed by atoms with E-state index in [4.69, 9.17) is 4.74 Å². The van der Waals surface area contributed by atoms with Crippen LogP contribution < -0.4 is 4.74 Å². The molecule has 0 aromatic heterocycles. The lowest BCUT2D eigenvalue weighted by Gasteiger charge is -2.10. The Kier molecular flexibility index (Phi) is 10.4. The number of Topliss-reactive ketones (excluding diaryl/α,β-unsaturated/α-hetero) is 1. The zero-order valence-electron chi connectivity index (χ0n) is 14.4. The van der Waals surface area contributed by atoms with Crippen molar-refractivity contribution >= 4 is 5.78 Å². The molecule has 1 aromatic rings. The first-order chi connectivity index (χ1) is 10.8. The van der Waals surface area contributed by atoms with E-state index in [9.17, 15) is 4.79 Å². The number of hydrogen-bond acceptors (Lipinski definition) is 2. The number of hydrogen-bond donors (Lipinski definition) is 0. The second kappa shape index (κ2) is 12.3. The SMILES string of the molecule is CCCCCCCCOc1ccccc1C(=O)CCCCC. The molecule has 0 bridgehead atoms. The van der Waals surface area contributed by atoms with Crippen molar-refractivity contribution in [1.82, 2.24) is 0 Å². The van der Waals surface area contributed by atoms with Crippen LogP contribution in [0.4, 0.5) is 0 Å². The zero-order valence-corrected chi connectivity index (χ0v) is 14.4. The van der Waals surface area contributed by atoms with E-state index in [1.165, 1.54) is 32.1 Å². The maximum atomic E-state index is 12.3. The van der Waals surface area contributed by atoms with Gasteiger partial charge in [-0.15, -0.1) is 0 Å². The van der Waals surface area contributed by atoms with Gasteiger partial charge < -0.3 is 4.74 Å². The van der Waals surface area contributed by atoms with Gasteiger partial charge in [-0.25, -0.2) is 0 Å². The summed E-state index contributed by atoms with van der Waals surface area (Å²) in [4.78, 5) is 12.3. The highest BCUT2D eigenvalue weighted by Gasteiger charge is 2.11. The van der Waals surface area contributed by atoms with Crippen LogP contribution in [0.2, 0.25) is 0 Å². The molecular formula is C20H32O2. The maximum Gasteiger partial charge on any atom is 0.166 e. The average Bonchev–Trinajstić information content (AvgIpc) is 2.54. The fourth-order valence-electron chi connectivity index (χ4n) is 2.56. The molecular weight excluding hydrogens is 272 g/mol. The summed E-state index contributed by atoms with van der Waals surface area (Å²) >= 11 is 0. The van der Waals surface area contributed by atoms with E-state index in [-0.39, 0.29) is 5.78 Å². The highest BCUT2D eigenvalue weighted by Crippen LogP contribution is 2.21. The third kappa shape index (κ3) is 7.63. The number of ether oxygens (including phenoxy) is 1. The van der Waals surface area contributed by atoms with Crippen LogP contribution >= 0.6 is 0 Å². The molecule has 0 atom stereocenters. The number of para-hydroxylation sites is 1. The van der Waals surface area contributed by atoms with Crippen molar-refractivity contribution in [2.24, 2.45) is 0 Å². The summed E-state index contributed by atoms with van der Waals surface area (Å²) in [7, 11) is 0. The number of benzene rings is 1. The van der Waals surface area contributed by atoms with E-state index in [2.05, 4.69) is 13.8 Å². The predicted molar refractivity (Wildman–Crippen MR) is 93.8 cm³/mol. The molecule has 1 aromatic carbocycles. The molecule has 2 nitrogen and oxygen atoms in total. The first kappa shape index (κ1) is 18.7. The van der Waals surface area contributed by atoms with Gasteiger partial charge in [0.25, 0.3) is 0 Å². The minimum Gasteiger partial charge on any atom is -0.493 e. The summed E-state index contributed by atoms with van der Waals surface area (Å²) in [5.41, 5.74) is 0.754. The second-order valence-corrected chi connectivity index (χ2v) is 5.99. The molecule has 0 unspecified atom stereocenters. The van der Waals surface area contributed by atoms with Crippen molar-refractivity contribution in [2.45, 2.75) is 78.1 Å². The monoisotopic (exact) mass is 304 g/mol. The molecule has 0 fully saturated rings. The van der Waals surface area contributed by atoms with Gasteiger partial charge in [0, 0.05) is 6.42 Å². The van der Waals surface area contributed by atoms with E-state index in [0.717, 1.165) is 37.0 Å². The molecule has 0 saturated heterocycles. The van der Waals surface area contributed by atoms with E-state index in [1.54, 1.807) is 0 Å². The van der Waals surface area contributed by atoms with Gasteiger partial charge in [0.05, 0.1) is 12.2 Å². The molecule has 1 rings (SSSR count). The van der Waals surface area contributed by atoms with Crippen molar-refractivity contribution in [3.63, 3.8) is 0 Å². The number of ketones is 1. The first-order valence-corrected chi connectivity index (χ1v) is 9.04. The number of carbonyl (C=O) groups is 1. The summed E-state index contributed by atoms with van der Waals surface area (Å²) in [5.74, 6) is 0.976. The quantitative estimate of drug-likeness (QED) is 0.321.